The molecule has 0 radical (unpaired) electrons. The van der Waals surface area contributed by atoms with E-state index in [0.29, 0.717) is 6.42 Å². The van der Waals surface area contributed by atoms with E-state index in [-0.39, 0.29) is 18.9 Å². The Balaban J connectivity index is 1.31. The second kappa shape index (κ2) is 72.9. The molecule has 3 rings (SSSR count). The molecule has 19 nitrogen and oxygen atoms in total. The van der Waals surface area contributed by atoms with Crippen molar-refractivity contribution in [3.8, 4) is 0 Å². The van der Waals surface area contributed by atoms with Crippen LogP contribution < -0.4 is 5.32 Å². The number of aliphatic hydroxyl groups excluding tert-OH is 11. The third-order valence-corrected chi connectivity index (χ3v) is 22.7. The molecule has 3 aliphatic rings. The van der Waals surface area contributed by atoms with E-state index in [2.05, 4.69) is 92.1 Å². The van der Waals surface area contributed by atoms with Crippen LogP contribution in [0.25, 0.3) is 0 Å². The summed E-state index contributed by atoms with van der Waals surface area (Å²) in [6.07, 6.45) is 73.1. The van der Waals surface area contributed by atoms with E-state index < -0.39 is 124 Å². The molecule has 0 spiro atoms. The van der Waals surface area contributed by atoms with Gasteiger partial charge in [-0.15, -0.1) is 0 Å². The van der Waals surface area contributed by atoms with Crippen LogP contribution >= 0.6 is 0 Å². The molecule has 19 heteroatoms. The molecule has 17 unspecified atom stereocenters. The molecule has 3 fully saturated rings. The van der Waals surface area contributed by atoms with Crippen molar-refractivity contribution >= 4 is 5.91 Å². The number of carbonyl (C=O) groups is 1. The number of unbranched alkanes of at least 4 members (excludes halogenated alkanes) is 47. The first kappa shape index (κ1) is 104. The second-order valence-electron chi connectivity index (χ2n) is 32.7. The Morgan fingerprint density at radius 1 is 0.327 bits per heavy atom. The number of carbonyl (C=O) groups excluding carboxylic acids is 1. The minimum absolute atomic E-state index is 0.244. The number of nitrogens with one attached hydrogen (secondary N) is 1. The van der Waals surface area contributed by atoms with Gasteiger partial charge in [0.2, 0.25) is 5.91 Å². The van der Waals surface area contributed by atoms with Crippen LogP contribution in [0.1, 0.15) is 373 Å². The zero-order valence-electron chi connectivity index (χ0n) is 71.1. The lowest BCUT2D eigenvalue weighted by atomic mass is 9.96. The van der Waals surface area contributed by atoms with E-state index >= 15 is 0 Å². The topological polar surface area (TPSA) is 307 Å². The molecule has 3 aliphatic heterocycles. The van der Waals surface area contributed by atoms with E-state index in [4.69, 9.17) is 28.4 Å². The van der Waals surface area contributed by atoms with Crippen LogP contribution in [0.15, 0.2) is 85.1 Å². The minimum Gasteiger partial charge on any atom is -0.394 e. The van der Waals surface area contributed by atoms with Gasteiger partial charge in [0.25, 0.3) is 0 Å². The predicted molar refractivity (Wildman–Crippen MR) is 457 cm³/mol. The van der Waals surface area contributed by atoms with Gasteiger partial charge in [0.15, 0.2) is 18.9 Å². The van der Waals surface area contributed by atoms with Crippen molar-refractivity contribution in [2.75, 3.05) is 26.4 Å². The van der Waals surface area contributed by atoms with Crippen molar-refractivity contribution in [1.82, 2.24) is 5.32 Å². The molecule has 113 heavy (non-hydrogen) atoms. The van der Waals surface area contributed by atoms with Gasteiger partial charge in [-0.25, -0.2) is 0 Å². The van der Waals surface area contributed by atoms with Gasteiger partial charge in [-0.05, 0) is 70.6 Å². The first-order valence-corrected chi connectivity index (χ1v) is 46.3. The minimum atomic E-state index is -1.98. The van der Waals surface area contributed by atoms with E-state index in [0.717, 1.165) is 83.5 Å². The average molecular weight is 1600 g/mol. The Bertz CT molecular complexity index is 2370. The molecule has 12 N–H and O–H groups in total. The fourth-order valence-electron chi connectivity index (χ4n) is 15.4. The Labute approximate surface area is 686 Å². The Morgan fingerprint density at radius 3 is 0.956 bits per heavy atom. The lowest BCUT2D eigenvalue weighted by Crippen LogP contribution is -2.66. The molecule has 17 atom stereocenters. The Morgan fingerprint density at radius 2 is 0.611 bits per heavy atom. The van der Waals surface area contributed by atoms with E-state index in [1.807, 2.05) is 6.08 Å². The normalized spacial score (nSPS) is 25.2. The summed E-state index contributed by atoms with van der Waals surface area (Å²) in [7, 11) is 0. The molecule has 0 aromatic carbocycles. The van der Waals surface area contributed by atoms with Crippen LogP contribution in [0.5, 0.6) is 0 Å². The lowest BCUT2D eigenvalue weighted by molar-refractivity contribution is -0.379. The van der Waals surface area contributed by atoms with Crippen molar-refractivity contribution in [1.29, 1.82) is 0 Å². The van der Waals surface area contributed by atoms with Crippen molar-refractivity contribution in [2.45, 2.75) is 478 Å². The molecule has 0 bridgehead atoms. The molecule has 1 amide bonds. The van der Waals surface area contributed by atoms with Crippen molar-refractivity contribution < 1.29 is 89.4 Å². The lowest BCUT2D eigenvalue weighted by Gasteiger charge is -2.48. The third kappa shape index (κ3) is 51.3. The summed E-state index contributed by atoms with van der Waals surface area (Å²) in [5.74, 6) is -0.270. The van der Waals surface area contributed by atoms with Gasteiger partial charge in [0.1, 0.15) is 73.2 Å². The number of hydrogen-bond acceptors (Lipinski definition) is 18. The number of rotatable bonds is 75. The van der Waals surface area contributed by atoms with Gasteiger partial charge in [-0.2, -0.15) is 0 Å². The van der Waals surface area contributed by atoms with Crippen LogP contribution in [-0.2, 0) is 33.2 Å². The zero-order valence-corrected chi connectivity index (χ0v) is 71.1. The summed E-state index contributed by atoms with van der Waals surface area (Å²) in [6.45, 7) is 1.68. The van der Waals surface area contributed by atoms with Crippen LogP contribution in [-0.4, -0.2) is 193 Å². The first-order chi connectivity index (χ1) is 55.3. The van der Waals surface area contributed by atoms with Gasteiger partial charge in [-0.3, -0.25) is 4.79 Å². The summed E-state index contributed by atoms with van der Waals surface area (Å²) >= 11 is 0. The second-order valence-corrected chi connectivity index (χ2v) is 32.7. The van der Waals surface area contributed by atoms with Gasteiger partial charge in [0.05, 0.1) is 38.6 Å². The number of amides is 1. The first-order valence-electron chi connectivity index (χ1n) is 46.3. The van der Waals surface area contributed by atoms with Crippen LogP contribution in [0.3, 0.4) is 0 Å². The highest BCUT2D eigenvalue weighted by Crippen LogP contribution is 2.34. The van der Waals surface area contributed by atoms with Crippen LogP contribution in [0.4, 0.5) is 0 Å². The van der Waals surface area contributed by atoms with Crippen LogP contribution in [0, 0.1) is 0 Å². The maximum Gasteiger partial charge on any atom is 0.220 e. The average Bonchev–Trinajstić information content (AvgIpc) is 0.780. The third-order valence-electron chi connectivity index (χ3n) is 22.7. The highest BCUT2D eigenvalue weighted by molar-refractivity contribution is 5.76. The molecule has 658 valence electrons. The van der Waals surface area contributed by atoms with E-state index in [9.17, 15) is 61.0 Å². The highest BCUT2D eigenvalue weighted by atomic mass is 16.8. The summed E-state index contributed by atoms with van der Waals surface area (Å²) in [6, 6.07) is -0.977. The van der Waals surface area contributed by atoms with Gasteiger partial charge in [-0.1, -0.05) is 381 Å². The van der Waals surface area contributed by atoms with E-state index in [1.165, 1.54) is 263 Å². The fourth-order valence-corrected chi connectivity index (χ4v) is 15.4. The summed E-state index contributed by atoms with van der Waals surface area (Å²) in [4.78, 5) is 13.5. The van der Waals surface area contributed by atoms with Gasteiger partial charge < -0.3 is 89.9 Å². The van der Waals surface area contributed by atoms with Crippen LogP contribution in [0.2, 0.25) is 0 Å². The summed E-state index contributed by atoms with van der Waals surface area (Å²) in [5, 5.41) is 121. The molecular weight excluding hydrogens is 1430 g/mol. The van der Waals surface area contributed by atoms with Gasteiger partial charge >= 0.3 is 0 Å². The molecular formula is C94H169NO18. The van der Waals surface area contributed by atoms with Gasteiger partial charge in [0, 0.05) is 6.42 Å². The maximum absolute atomic E-state index is 13.5. The monoisotopic (exact) mass is 1600 g/mol. The molecule has 3 heterocycles. The SMILES string of the molecule is CC/C=C\C/C=C\C/C=C\C/C=C\C/C=C\C/C=C\CCCCCCCCCCCCCCCCCCCCCCC(=O)NC(COC1OC(CO)C(OC2OC(CO)C(OC3OC(CO)C(O)C(O)C3O)C(O)C2O)C(O)C1O)C(O)/C=C/CCCCCCCCCCCCCCCCCCCCCCCCCCCCC. The van der Waals surface area contributed by atoms with Crippen molar-refractivity contribution in [3.63, 3.8) is 0 Å². The summed E-state index contributed by atoms with van der Waals surface area (Å²) in [5.41, 5.74) is 0. The Kier molecular flexibility index (Phi) is 67.2. The summed E-state index contributed by atoms with van der Waals surface area (Å²) < 4.78 is 34.6. The molecule has 0 saturated carbocycles. The zero-order chi connectivity index (χ0) is 81.7. The fraction of sp³-hybridized carbons (Fsp3) is 0.840. The molecule has 0 aliphatic carbocycles. The number of allylic oxidation sites excluding steroid dienone is 13. The molecule has 0 aromatic heterocycles. The number of ether oxygens (including phenoxy) is 6. The van der Waals surface area contributed by atoms with Crippen molar-refractivity contribution in [3.05, 3.63) is 85.1 Å². The maximum atomic E-state index is 13.5. The largest absolute Gasteiger partial charge is 0.394 e. The van der Waals surface area contributed by atoms with E-state index in [1.54, 1.807) is 6.08 Å². The number of aliphatic hydroxyl groups is 11. The predicted octanol–water partition coefficient (Wildman–Crippen LogP) is 18.1. The van der Waals surface area contributed by atoms with Crippen molar-refractivity contribution in [2.24, 2.45) is 0 Å². The smallest absolute Gasteiger partial charge is 0.220 e. The molecule has 3 saturated heterocycles. The molecule has 0 aromatic rings. The quantitative estimate of drug-likeness (QED) is 0.0199. The number of hydrogen-bond donors (Lipinski definition) is 12. The standard InChI is InChI=1S/C94H169NO18/c1-3-5-7-9-11-13-15-17-19-21-23-25-27-29-31-33-34-35-36-37-38-39-40-41-42-44-46-48-50-52-54-56-58-60-62-64-66-68-70-72-82(100)95-77(78(99)71-69-67-65-63-61-59-57-55-53-51-49-47-45-43-32-30-28-26-24-22-20-18-16-14-12-10-8-6-4-2)76-108-92-88(106)85(103)90(80(74-97)110-92)113-94-89(107)86(104)91(81(75-98)111-94)112-93-87(105)84(102)83(101)79(73-96)109-93/h5,7,11,13,17,19,23,25,29,31,34-35,69,71,77-81,83-94,96-99,101-107H,3-4,6,8-10,12,14-16,18,20-22,24,26-28,30,32-33,36-68,70,72-76H2,1-2H3,(H,95,100)/b7-5-,13-11-,19-17-,25-23-,31-29-,35-34-,71-69+. The highest BCUT2D eigenvalue weighted by Gasteiger charge is 2.54. The Hall–Kier alpha value is -3.03.